The van der Waals surface area contributed by atoms with Gasteiger partial charge < -0.3 is 10.1 Å². The minimum absolute atomic E-state index is 0.00613. The van der Waals surface area contributed by atoms with Crippen LogP contribution in [0, 0.1) is 0 Å². The highest BCUT2D eigenvalue weighted by molar-refractivity contribution is 7.89. The molecule has 1 aliphatic rings. The lowest BCUT2D eigenvalue weighted by molar-refractivity contribution is 0.0940. The van der Waals surface area contributed by atoms with Gasteiger partial charge in [-0.15, -0.1) is 0 Å². The van der Waals surface area contributed by atoms with Crippen LogP contribution >= 0.6 is 11.6 Å². The lowest BCUT2D eigenvalue weighted by Gasteiger charge is -2.21. The third-order valence-corrected chi connectivity index (χ3v) is 7.15. The summed E-state index contributed by atoms with van der Waals surface area (Å²) in [6.45, 7) is 4.90. The first-order chi connectivity index (χ1) is 13.5. The van der Waals surface area contributed by atoms with Crippen molar-refractivity contribution in [2.45, 2.75) is 56.8 Å². The van der Waals surface area contributed by atoms with Gasteiger partial charge in [-0.1, -0.05) is 37.8 Å². The normalized spacial score (nSPS) is 15.9. The molecule has 1 heterocycles. The number of nitrogens with zero attached hydrogens (tertiary/aromatic N) is 1. The van der Waals surface area contributed by atoms with Crippen LogP contribution in [-0.2, 0) is 14.8 Å². The molecule has 28 heavy (non-hydrogen) atoms. The second kappa shape index (κ2) is 11.8. The predicted octanol–water partition coefficient (Wildman–Crippen LogP) is 3.84. The Bertz CT molecular complexity index is 732. The van der Waals surface area contributed by atoms with Gasteiger partial charge in [-0.3, -0.25) is 4.79 Å². The molecule has 0 bridgehead atoms. The molecule has 1 aromatic rings. The van der Waals surface area contributed by atoms with Gasteiger partial charge >= 0.3 is 0 Å². The number of hydrogen-bond acceptors (Lipinski definition) is 4. The molecule has 6 nitrogen and oxygen atoms in total. The van der Waals surface area contributed by atoms with Crippen LogP contribution in [0.2, 0.25) is 5.02 Å². The first-order valence-electron chi connectivity index (χ1n) is 10.1. The quantitative estimate of drug-likeness (QED) is 0.572. The summed E-state index contributed by atoms with van der Waals surface area (Å²) in [5.41, 5.74) is 0.296. The maximum Gasteiger partial charge on any atom is 0.251 e. The Morgan fingerprint density at radius 2 is 1.82 bits per heavy atom. The van der Waals surface area contributed by atoms with Crippen molar-refractivity contribution in [3.05, 3.63) is 28.8 Å². The van der Waals surface area contributed by atoms with E-state index < -0.39 is 10.0 Å². The van der Waals surface area contributed by atoms with Crippen molar-refractivity contribution in [3.63, 3.8) is 0 Å². The highest BCUT2D eigenvalue weighted by atomic mass is 35.5. The van der Waals surface area contributed by atoms with Crippen LogP contribution in [0.15, 0.2) is 23.1 Å². The first kappa shape index (κ1) is 23.1. The van der Waals surface area contributed by atoms with Gasteiger partial charge in [-0.05, 0) is 43.9 Å². The summed E-state index contributed by atoms with van der Waals surface area (Å²) in [7, 11) is -3.71. The van der Waals surface area contributed by atoms with Crippen LogP contribution in [0.3, 0.4) is 0 Å². The molecule has 0 unspecified atom stereocenters. The fourth-order valence-electron chi connectivity index (χ4n) is 3.09. The van der Waals surface area contributed by atoms with E-state index in [1.54, 1.807) is 6.07 Å². The van der Waals surface area contributed by atoms with Crippen molar-refractivity contribution >= 4 is 27.5 Å². The third kappa shape index (κ3) is 6.72. The zero-order valence-electron chi connectivity index (χ0n) is 16.6. The van der Waals surface area contributed by atoms with Crippen molar-refractivity contribution in [2.75, 3.05) is 32.8 Å². The zero-order valence-corrected chi connectivity index (χ0v) is 18.2. The molecular weight excluding hydrogens is 400 g/mol. The Labute approximate surface area is 173 Å². The summed E-state index contributed by atoms with van der Waals surface area (Å²) in [5.74, 6) is -0.308. The standard InChI is InChI=1S/C20H31ClN2O4S/c1-2-3-14-27-15-8-11-22-20(24)17-9-10-18(21)19(16-17)28(25,26)23-12-6-4-5-7-13-23/h9-10,16H,2-8,11-15H2,1H3,(H,22,24). The Kier molecular flexibility index (Phi) is 9.71. The molecular formula is C20H31ClN2O4S. The Balaban J connectivity index is 1.98. The minimum atomic E-state index is -3.71. The molecule has 0 radical (unpaired) electrons. The molecule has 1 saturated heterocycles. The Morgan fingerprint density at radius 1 is 1.14 bits per heavy atom. The van der Waals surface area contributed by atoms with E-state index in [1.165, 1.54) is 16.4 Å². The van der Waals surface area contributed by atoms with Crippen molar-refractivity contribution in [1.29, 1.82) is 0 Å². The van der Waals surface area contributed by atoms with Crippen LogP contribution in [0.5, 0.6) is 0 Å². The summed E-state index contributed by atoms with van der Waals surface area (Å²) in [4.78, 5) is 12.4. The first-order valence-corrected chi connectivity index (χ1v) is 11.9. The number of halogens is 1. The van der Waals surface area contributed by atoms with Gasteiger partial charge in [0, 0.05) is 38.4 Å². The molecule has 1 N–H and O–H groups in total. The smallest absolute Gasteiger partial charge is 0.251 e. The predicted molar refractivity (Wildman–Crippen MR) is 111 cm³/mol. The second-order valence-electron chi connectivity index (χ2n) is 7.04. The number of hydrogen-bond donors (Lipinski definition) is 1. The summed E-state index contributed by atoms with van der Waals surface area (Å²) in [5, 5.41) is 2.95. The van der Waals surface area contributed by atoms with Crippen molar-refractivity contribution in [3.8, 4) is 0 Å². The van der Waals surface area contributed by atoms with Crippen LogP contribution in [0.1, 0.15) is 62.2 Å². The van der Waals surface area contributed by atoms with E-state index in [4.69, 9.17) is 16.3 Å². The molecule has 8 heteroatoms. The summed E-state index contributed by atoms with van der Waals surface area (Å²) in [6, 6.07) is 4.42. The van der Waals surface area contributed by atoms with Gasteiger partial charge in [0.2, 0.25) is 10.0 Å². The van der Waals surface area contributed by atoms with E-state index in [2.05, 4.69) is 12.2 Å². The van der Waals surface area contributed by atoms with E-state index in [9.17, 15) is 13.2 Å². The molecule has 158 valence electrons. The van der Waals surface area contributed by atoms with E-state index in [1.807, 2.05) is 0 Å². The maximum absolute atomic E-state index is 13.0. The molecule has 1 aromatic carbocycles. The fourth-order valence-corrected chi connectivity index (χ4v) is 5.11. The molecule has 0 aromatic heterocycles. The van der Waals surface area contributed by atoms with Gasteiger partial charge in [0.15, 0.2) is 0 Å². The van der Waals surface area contributed by atoms with Gasteiger partial charge in [0.05, 0.1) is 5.02 Å². The molecule has 1 fully saturated rings. The van der Waals surface area contributed by atoms with Crippen LogP contribution in [0.25, 0.3) is 0 Å². The third-order valence-electron chi connectivity index (χ3n) is 4.77. The lowest BCUT2D eigenvalue weighted by Crippen LogP contribution is -2.32. The molecule has 0 spiro atoms. The van der Waals surface area contributed by atoms with Crippen LogP contribution < -0.4 is 5.32 Å². The van der Waals surface area contributed by atoms with Gasteiger partial charge in [0.25, 0.3) is 5.91 Å². The highest BCUT2D eigenvalue weighted by Gasteiger charge is 2.28. The molecule has 1 amide bonds. The summed E-state index contributed by atoms with van der Waals surface area (Å²) >= 11 is 6.18. The van der Waals surface area contributed by atoms with Crippen LogP contribution in [0.4, 0.5) is 0 Å². The summed E-state index contributed by atoms with van der Waals surface area (Å²) < 4.78 is 33.0. The maximum atomic E-state index is 13.0. The number of amides is 1. The van der Waals surface area contributed by atoms with E-state index >= 15 is 0 Å². The molecule has 0 aliphatic carbocycles. The van der Waals surface area contributed by atoms with Crippen molar-refractivity contribution in [1.82, 2.24) is 9.62 Å². The van der Waals surface area contributed by atoms with Gasteiger partial charge in [-0.25, -0.2) is 8.42 Å². The number of unbranched alkanes of at least 4 members (excludes halogenated alkanes) is 1. The van der Waals surface area contributed by atoms with E-state index in [-0.39, 0.29) is 15.8 Å². The number of carbonyl (C=O) groups is 1. The average molecular weight is 431 g/mol. The Morgan fingerprint density at radius 3 is 2.50 bits per heavy atom. The average Bonchev–Trinajstić information content (AvgIpc) is 2.97. The van der Waals surface area contributed by atoms with Gasteiger partial charge in [-0.2, -0.15) is 4.31 Å². The number of sulfonamides is 1. The minimum Gasteiger partial charge on any atom is -0.381 e. The monoisotopic (exact) mass is 430 g/mol. The number of rotatable bonds is 10. The van der Waals surface area contributed by atoms with Crippen molar-refractivity contribution in [2.24, 2.45) is 0 Å². The SMILES string of the molecule is CCCCOCCCNC(=O)c1ccc(Cl)c(S(=O)(=O)N2CCCCCC2)c1. The molecule has 0 atom stereocenters. The molecule has 0 saturated carbocycles. The molecule has 1 aliphatic heterocycles. The molecule has 2 rings (SSSR count). The number of nitrogens with one attached hydrogen (secondary N) is 1. The van der Waals surface area contributed by atoms with E-state index in [0.29, 0.717) is 38.2 Å². The lowest BCUT2D eigenvalue weighted by atomic mass is 10.2. The Hall–Kier alpha value is -1.15. The van der Waals surface area contributed by atoms with Crippen molar-refractivity contribution < 1.29 is 17.9 Å². The van der Waals surface area contributed by atoms with Crippen LogP contribution in [-0.4, -0.2) is 51.5 Å². The largest absolute Gasteiger partial charge is 0.381 e. The fraction of sp³-hybridized carbons (Fsp3) is 0.650. The topological polar surface area (TPSA) is 75.7 Å². The second-order valence-corrected chi connectivity index (χ2v) is 9.35. The number of benzene rings is 1. The number of ether oxygens (including phenoxy) is 1. The van der Waals surface area contributed by atoms with Gasteiger partial charge in [0.1, 0.15) is 4.90 Å². The number of carbonyl (C=O) groups excluding carboxylic acids is 1. The highest BCUT2D eigenvalue weighted by Crippen LogP contribution is 2.27. The summed E-state index contributed by atoms with van der Waals surface area (Å²) in [6.07, 6.45) is 6.59. The zero-order chi connectivity index (χ0) is 20.4. The van der Waals surface area contributed by atoms with E-state index in [0.717, 1.165) is 45.1 Å².